The molecule has 0 N–H and O–H groups in total. The zero-order chi connectivity index (χ0) is 18.6. The molecule has 8 nitrogen and oxygen atoms in total. The first-order valence-corrected chi connectivity index (χ1v) is 8.54. The Morgan fingerprint density at radius 2 is 2.00 bits per heavy atom. The van der Waals surface area contributed by atoms with E-state index in [0.29, 0.717) is 4.31 Å². The van der Waals surface area contributed by atoms with Gasteiger partial charge in [0, 0.05) is 6.08 Å². The third-order valence-corrected chi connectivity index (χ3v) is 4.18. The number of halogens is 1. The molecule has 0 spiro atoms. The number of carbonyl (C=O) groups is 2. The largest absolute Gasteiger partial charge is 0.459 e. The van der Waals surface area contributed by atoms with E-state index in [4.69, 9.17) is 13.7 Å². The Kier molecular flexibility index (Phi) is 5.62. The van der Waals surface area contributed by atoms with E-state index in [9.17, 15) is 22.4 Å². The van der Waals surface area contributed by atoms with Gasteiger partial charge in [-0.05, 0) is 38.1 Å². The topological polar surface area (TPSA) is 99.2 Å². The number of allylic oxidation sites excluding steroid dienone is 1. The predicted molar refractivity (Wildman–Crippen MR) is 83.3 cm³/mol. The molecule has 0 bridgehead atoms. The Morgan fingerprint density at radius 1 is 1.36 bits per heavy atom. The first kappa shape index (κ1) is 18.7. The van der Waals surface area contributed by atoms with Gasteiger partial charge in [-0.25, -0.2) is 14.0 Å². The monoisotopic (exact) mass is 373 g/mol. The van der Waals surface area contributed by atoms with E-state index in [0.717, 1.165) is 29.8 Å². The molecule has 1 unspecified atom stereocenters. The summed E-state index contributed by atoms with van der Waals surface area (Å²) in [5, 5.41) is 0. The van der Waals surface area contributed by atoms with E-state index in [-0.39, 0.29) is 18.9 Å². The molecule has 1 atom stereocenters. The summed E-state index contributed by atoms with van der Waals surface area (Å²) in [6.07, 6.45) is -0.845. The lowest BCUT2D eigenvalue weighted by Gasteiger charge is -2.13. The van der Waals surface area contributed by atoms with Crippen LogP contribution in [0.1, 0.15) is 13.8 Å². The van der Waals surface area contributed by atoms with Crippen LogP contribution in [0.4, 0.5) is 9.18 Å². The molecule has 0 aromatic heterocycles. The molecule has 1 aromatic rings. The Bertz CT molecular complexity index is 785. The maximum Gasteiger partial charge on any atom is 0.426 e. The highest BCUT2D eigenvalue weighted by Crippen LogP contribution is 2.20. The van der Waals surface area contributed by atoms with Crippen molar-refractivity contribution in [3.63, 3.8) is 0 Å². The number of amides is 1. The fourth-order valence-electron chi connectivity index (χ4n) is 1.88. The molecule has 1 aliphatic heterocycles. The minimum Gasteiger partial charge on any atom is -0.459 e. The van der Waals surface area contributed by atoms with Crippen molar-refractivity contribution >= 4 is 22.4 Å². The van der Waals surface area contributed by atoms with Crippen molar-refractivity contribution in [1.82, 2.24) is 4.31 Å². The number of rotatable bonds is 6. The average molecular weight is 373 g/mol. The smallest absolute Gasteiger partial charge is 0.426 e. The number of hydrogen-bond acceptors (Lipinski definition) is 7. The first-order chi connectivity index (χ1) is 11.7. The molecule has 1 fully saturated rings. The van der Waals surface area contributed by atoms with Crippen LogP contribution in [0.2, 0.25) is 0 Å². The highest BCUT2D eigenvalue weighted by molar-refractivity contribution is 7.85. The van der Waals surface area contributed by atoms with Gasteiger partial charge in [-0.15, -0.1) is 0 Å². The van der Waals surface area contributed by atoms with Crippen molar-refractivity contribution in [2.45, 2.75) is 20.0 Å². The molecule has 1 saturated heterocycles. The summed E-state index contributed by atoms with van der Waals surface area (Å²) in [6, 6.07) is 4.23. The van der Waals surface area contributed by atoms with Crippen LogP contribution in [0.25, 0.3) is 0 Å². The van der Waals surface area contributed by atoms with E-state index >= 15 is 0 Å². The number of ether oxygens (including phenoxy) is 2. The van der Waals surface area contributed by atoms with Crippen LogP contribution < -0.4 is 4.18 Å². The Hall–Kier alpha value is -2.62. The van der Waals surface area contributed by atoms with Gasteiger partial charge in [-0.2, -0.15) is 12.7 Å². The molecule has 25 heavy (non-hydrogen) atoms. The molecule has 10 heteroatoms. The van der Waals surface area contributed by atoms with Crippen LogP contribution in [-0.2, 0) is 24.6 Å². The molecule has 2 rings (SSSR count). The van der Waals surface area contributed by atoms with Crippen molar-refractivity contribution in [2.75, 3.05) is 13.2 Å². The highest BCUT2D eigenvalue weighted by atomic mass is 32.2. The summed E-state index contributed by atoms with van der Waals surface area (Å²) in [5.41, 5.74) is 0.727. The second-order valence-corrected chi connectivity index (χ2v) is 6.85. The average Bonchev–Trinajstić information content (AvgIpc) is 2.89. The molecule has 0 radical (unpaired) electrons. The Morgan fingerprint density at radius 3 is 2.60 bits per heavy atom. The van der Waals surface area contributed by atoms with Crippen molar-refractivity contribution in [3.05, 3.63) is 41.7 Å². The van der Waals surface area contributed by atoms with E-state index in [1.165, 1.54) is 6.08 Å². The summed E-state index contributed by atoms with van der Waals surface area (Å²) in [5.74, 6) is -1.35. The summed E-state index contributed by atoms with van der Waals surface area (Å²) in [6.45, 7) is 2.75. The van der Waals surface area contributed by atoms with E-state index in [1.807, 2.05) is 0 Å². The van der Waals surface area contributed by atoms with Gasteiger partial charge in [0.15, 0.2) is 6.10 Å². The molecule has 1 aromatic carbocycles. The van der Waals surface area contributed by atoms with Crippen molar-refractivity contribution in [1.29, 1.82) is 0 Å². The van der Waals surface area contributed by atoms with Gasteiger partial charge in [-0.1, -0.05) is 5.57 Å². The van der Waals surface area contributed by atoms with Gasteiger partial charge in [0.25, 0.3) is 0 Å². The van der Waals surface area contributed by atoms with Crippen LogP contribution >= 0.6 is 0 Å². The maximum atomic E-state index is 12.8. The summed E-state index contributed by atoms with van der Waals surface area (Å²) >= 11 is 0. The van der Waals surface area contributed by atoms with E-state index < -0.39 is 34.3 Å². The van der Waals surface area contributed by atoms with Gasteiger partial charge in [0.2, 0.25) is 0 Å². The summed E-state index contributed by atoms with van der Waals surface area (Å²) in [4.78, 5) is 23.1. The second kappa shape index (κ2) is 7.51. The van der Waals surface area contributed by atoms with Crippen LogP contribution in [0, 0.1) is 5.82 Å². The van der Waals surface area contributed by atoms with E-state index in [2.05, 4.69) is 0 Å². The van der Waals surface area contributed by atoms with Gasteiger partial charge in [0.1, 0.15) is 18.2 Å². The van der Waals surface area contributed by atoms with Crippen molar-refractivity contribution in [3.8, 4) is 5.75 Å². The minimum atomic E-state index is -4.48. The lowest BCUT2D eigenvalue weighted by Crippen LogP contribution is -2.36. The number of esters is 1. The molecule has 1 amide bonds. The quantitative estimate of drug-likeness (QED) is 0.553. The zero-order valence-electron chi connectivity index (χ0n) is 13.5. The summed E-state index contributed by atoms with van der Waals surface area (Å²) in [7, 11) is -4.48. The zero-order valence-corrected chi connectivity index (χ0v) is 14.3. The SMILES string of the molecule is CC(C)=CC(=O)OCC1CN(S(=O)(=O)Oc2ccc(F)cc2)C(=O)O1. The Labute approximate surface area is 144 Å². The normalized spacial score (nSPS) is 17.0. The van der Waals surface area contributed by atoms with Gasteiger partial charge in [-0.3, -0.25) is 0 Å². The van der Waals surface area contributed by atoms with Crippen LogP contribution in [0.3, 0.4) is 0 Å². The third-order valence-electron chi connectivity index (χ3n) is 2.94. The molecule has 136 valence electrons. The number of benzene rings is 1. The van der Waals surface area contributed by atoms with Crippen LogP contribution in [0.5, 0.6) is 5.75 Å². The number of cyclic esters (lactones) is 1. The van der Waals surface area contributed by atoms with Gasteiger partial charge >= 0.3 is 22.4 Å². The third kappa shape index (κ3) is 5.18. The molecule has 1 aliphatic rings. The molecule has 1 heterocycles. The predicted octanol–water partition coefficient (Wildman–Crippen LogP) is 1.78. The van der Waals surface area contributed by atoms with Crippen molar-refractivity contribution in [2.24, 2.45) is 0 Å². The summed E-state index contributed by atoms with van der Waals surface area (Å²) < 4.78 is 51.9. The lowest BCUT2D eigenvalue weighted by molar-refractivity contribution is -0.140. The second-order valence-electron chi connectivity index (χ2n) is 5.38. The van der Waals surface area contributed by atoms with Crippen LogP contribution in [0.15, 0.2) is 35.9 Å². The van der Waals surface area contributed by atoms with Crippen molar-refractivity contribution < 1.29 is 36.1 Å². The number of hydrogen-bond donors (Lipinski definition) is 0. The van der Waals surface area contributed by atoms with Gasteiger partial charge in [0.05, 0.1) is 6.54 Å². The fraction of sp³-hybridized carbons (Fsp3) is 0.333. The standard InChI is InChI=1S/C15H16FNO7S/c1-10(2)7-14(18)22-9-13-8-17(15(19)23-13)25(20,21)24-12-5-3-11(16)4-6-12/h3-7,13H,8-9H2,1-2H3. The molecule has 0 saturated carbocycles. The molecular weight excluding hydrogens is 357 g/mol. The van der Waals surface area contributed by atoms with E-state index in [1.54, 1.807) is 13.8 Å². The lowest BCUT2D eigenvalue weighted by atomic mass is 10.3. The first-order valence-electron chi connectivity index (χ1n) is 7.17. The maximum absolute atomic E-state index is 12.8. The Balaban J connectivity index is 1.97. The fourth-order valence-corrected chi connectivity index (χ4v) is 2.90. The number of nitrogens with zero attached hydrogens (tertiary/aromatic N) is 1. The molecular formula is C15H16FNO7S. The van der Waals surface area contributed by atoms with Crippen LogP contribution in [-0.4, -0.2) is 44.0 Å². The number of carbonyl (C=O) groups excluding carboxylic acids is 2. The highest BCUT2D eigenvalue weighted by Gasteiger charge is 2.41. The molecule has 0 aliphatic carbocycles. The van der Waals surface area contributed by atoms with Gasteiger partial charge < -0.3 is 13.7 Å². The minimum absolute atomic E-state index is 0.160.